The Morgan fingerprint density at radius 2 is 1.76 bits per heavy atom. The highest BCUT2D eigenvalue weighted by Gasteiger charge is 2.48. The van der Waals surface area contributed by atoms with E-state index in [0.717, 1.165) is 31.9 Å². The summed E-state index contributed by atoms with van der Waals surface area (Å²) in [6.07, 6.45) is 0.931. The van der Waals surface area contributed by atoms with Crippen molar-refractivity contribution in [3.05, 3.63) is 29.8 Å². The zero-order chi connectivity index (χ0) is 23.8. The summed E-state index contributed by atoms with van der Waals surface area (Å²) in [6, 6.07) is 6.38. The van der Waals surface area contributed by atoms with Crippen LogP contribution in [0.25, 0.3) is 0 Å². The number of nitrogens with one attached hydrogen (secondary N) is 1. The Morgan fingerprint density at radius 3 is 2.39 bits per heavy atom. The van der Waals surface area contributed by atoms with Gasteiger partial charge in [-0.25, -0.2) is 0 Å². The molecule has 3 aliphatic rings. The SMILES string of the molecule is CN1CCN(c2ccc(C(=O)N[C@@H](CC(C)(C)C)C(=O)N3CC[C@H]4OCC(=O)[C@H]43)cc2)CC1. The van der Waals surface area contributed by atoms with Crippen LogP contribution in [-0.2, 0) is 14.3 Å². The third-order valence-electron chi connectivity index (χ3n) is 6.81. The molecule has 3 heterocycles. The summed E-state index contributed by atoms with van der Waals surface area (Å²) in [5, 5.41) is 2.96. The van der Waals surface area contributed by atoms with Gasteiger partial charge < -0.3 is 24.8 Å². The number of nitrogens with zero attached hydrogens (tertiary/aromatic N) is 3. The molecule has 1 N–H and O–H groups in total. The highest BCUT2D eigenvalue weighted by molar-refractivity contribution is 5.99. The van der Waals surface area contributed by atoms with Crippen LogP contribution < -0.4 is 10.2 Å². The minimum Gasteiger partial charge on any atom is -0.369 e. The Morgan fingerprint density at radius 1 is 1.09 bits per heavy atom. The fourth-order valence-electron chi connectivity index (χ4n) is 4.98. The molecule has 1 aromatic rings. The van der Waals surface area contributed by atoms with Gasteiger partial charge in [0.15, 0.2) is 5.78 Å². The number of ketones is 1. The van der Waals surface area contributed by atoms with E-state index in [9.17, 15) is 14.4 Å². The van der Waals surface area contributed by atoms with Crippen LogP contribution in [0.15, 0.2) is 24.3 Å². The second-order valence-corrected chi connectivity index (χ2v) is 10.7. The number of fused-ring (bicyclic) bond motifs is 1. The first-order valence-corrected chi connectivity index (χ1v) is 11.9. The molecule has 0 spiro atoms. The Labute approximate surface area is 196 Å². The number of ether oxygens (including phenoxy) is 1. The van der Waals surface area contributed by atoms with E-state index in [-0.39, 0.29) is 35.7 Å². The molecule has 3 fully saturated rings. The molecule has 1 aromatic carbocycles. The molecule has 3 aliphatic heterocycles. The van der Waals surface area contributed by atoms with Gasteiger partial charge in [-0.3, -0.25) is 14.4 Å². The normalized spacial score (nSPS) is 24.7. The minimum atomic E-state index is -0.693. The standard InChI is InChI=1S/C25H36N4O4/c1-25(2,3)15-19(24(32)29-10-9-21-22(29)20(30)16-33-21)26-23(31)17-5-7-18(8-6-17)28-13-11-27(4)12-14-28/h5-8,19,21-22H,9-16H2,1-4H3,(H,26,31)/t19-,21+,22+/m0/s1. The van der Waals surface area contributed by atoms with E-state index in [1.54, 1.807) is 4.90 Å². The molecule has 0 bridgehead atoms. The van der Waals surface area contributed by atoms with Crippen molar-refractivity contribution in [3.63, 3.8) is 0 Å². The van der Waals surface area contributed by atoms with E-state index in [1.807, 2.05) is 45.0 Å². The number of rotatable bonds is 5. The second-order valence-electron chi connectivity index (χ2n) is 10.7. The van der Waals surface area contributed by atoms with E-state index in [1.165, 1.54) is 0 Å². The zero-order valence-electron chi connectivity index (χ0n) is 20.2. The average molecular weight is 457 g/mol. The van der Waals surface area contributed by atoms with Crippen LogP contribution in [-0.4, -0.2) is 92.0 Å². The lowest BCUT2D eigenvalue weighted by molar-refractivity contribution is -0.138. The van der Waals surface area contributed by atoms with Crippen LogP contribution >= 0.6 is 0 Å². The molecule has 8 nitrogen and oxygen atoms in total. The Kier molecular flexibility index (Phi) is 6.77. The van der Waals surface area contributed by atoms with Gasteiger partial charge in [-0.15, -0.1) is 0 Å². The number of carbonyl (C=O) groups is 3. The van der Waals surface area contributed by atoms with Crippen LogP contribution in [0, 0.1) is 5.41 Å². The summed E-state index contributed by atoms with van der Waals surface area (Å²) in [6.45, 7) is 10.6. The lowest BCUT2D eigenvalue weighted by Crippen LogP contribution is -2.53. The van der Waals surface area contributed by atoms with E-state index in [2.05, 4.69) is 22.2 Å². The van der Waals surface area contributed by atoms with Crippen molar-refractivity contribution in [2.75, 3.05) is 51.3 Å². The van der Waals surface area contributed by atoms with Crippen LogP contribution in [0.2, 0.25) is 0 Å². The van der Waals surface area contributed by atoms with E-state index >= 15 is 0 Å². The lowest BCUT2D eigenvalue weighted by Gasteiger charge is -2.34. The molecule has 0 saturated carbocycles. The summed E-state index contributed by atoms with van der Waals surface area (Å²) in [5.74, 6) is -0.517. The summed E-state index contributed by atoms with van der Waals surface area (Å²) in [5.41, 5.74) is 1.46. The molecule has 0 unspecified atom stereocenters. The fraction of sp³-hybridized carbons (Fsp3) is 0.640. The van der Waals surface area contributed by atoms with Crippen LogP contribution in [0.3, 0.4) is 0 Å². The van der Waals surface area contributed by atoms with Gasteiger partial charge in [0.25, 0.3) is 5.91 Å². The van der Waals surface area contributed by atoms with E-state index in [0.29, 0.717) is 24.9 Å². The van der Waals surface area contributed by atoms with Crippen molar-refractivity contribution in [1.82, 2.24) is 15.1 Å². The van der Waals surface area contributed by atoms with Crippen LogP contribution in [0.5, 0.6) is 0 Å². The summed E-state index contributed by atoms with van der Waals surface area (Å²) < 4.78 is 5.53. The molecule has 0 aromatic heterocycles. The second kappa shape index (κ2) is 9.43. The van der Waals surface area contributed by atoms with Gasteiger partial charge in [0.05, 0.1) is 6.10 Å². The maximum absolute atomic E-state index is 13.5. The predicted octanol–water partition coefficient (Wildman–Crippen LogP) is 1.54. The molecule has 8 heteroatoms. The van der Waals surface area contributed by atoms with Gasteiger partial charge >= 0.3 is 0 Å². The number of hydrogen-bond donors (Lipinski definition) is 1. The first-order chi connectivity index (χ1) is 15.6. The fourth-order valence-corrected chi connectivity index (χ4v) is 4.98. The molecule has 3 atom stereocenters. The zero-order valence-corrected chi connectivity index (χ0v) is 20.2. The summed E-state index contributed by atoms with van der Waals surface area (Å²) in [7, 11) is 2.12. The molecule has 4 rings (SSSR count). The molecular formula is C25H36N4O4. The number of carbonyl (C=O) groups excluding carboxylic acids is 3. The van der Waals surface area contributed by atoms with Crippen molar-refractivity contribution >= 4 is 23.3 Å². The van der Waals surface area contributed by atoms with Gasteiger partial charge in [0.2, 0.25) is 5.91 Å². The Bertz CT molecular complexity index is 887. The number of Topliss-reactive ketones (excluding diaryl/α,β-unsaturated/α-hetero) is 1. The highest BCUT2D eigenvalue weighted by atomic mass is 16.5. The quantitative estimate of drug-likeness (QED) is 0.724. The van der Waals surface area contributed by atoms with E-state index < -0.39 is 12.1 Å². The number of amides is 2. The highest BCUT2D eigenvalue weighted by Crippen LogP contribution is 2.30. The molecule has 0 aliphatic carbocycles. The number of benzene rings is 1. The van der Waals surface area contributed by atoms with Gasteiger partial charge in [-0.05, 0) is 49.6 Å². The van der Waals surface area contributed by atoms with Gasteiger partial charge in [-0.1, -0.05) is 20.8 Å². The van der Waals surface area contributed by atoms with E-state index in [4.69, 9.17) is 4.74 Å². The van der Waals surface area contributed by atoms with Crippen molar-refractivity contribution in [3.8, 4) is 0 Å². The third-order valence-corrected chi connectivity index (χ3v) is 6.81. The number of likely N-dealkylation sites (tertiary alicyclic amines) is 1. The average Bonchev–Trinajstić information content (AvgIpc) is 3.35. The van der Waals surface area contributed by atoms with Gasteiger partial charge in [0.1, 0.15) is 18.7 Å². The Balaban J connectivity index is 1.45. The van der Waals surface area contributed by atoms with Crippen molar-refractivity contribution in [2.24, 2.45) is 5.41 Å². The molecular weight excluding hydrogens is 420 g/mol. The number of likely N-dealkylation sites (N-methyl/N-ethyl adjacent to an activating group) is 1. The van der Waals surface area contributed by atoms with Crippen LogP contribution in [0.4, 0.5) is 5.69 Å². The van der Waals surface area contributed by atoms with Crippen LogP contribution in [0.1, 0.15) is 44.0 Å². The lowest BCUT2D eigenvalue weighted by atomic mass is 9.87. The molecule has 180 valence electrons. The minimum absolute atomic E-state index is 0.0498. The maximum atomic E-state index is 13.5. The predicted molar refractivity (Wildman–Crippen MR) is 126 cm³/mol. The Hall–Kier alpha value is -2.45. The number of hydrogen-bond acceptors (Lipinski definition) is 6. The first kappa shape index (κ1) is 23.7. The molecule has 2 amide bonds. The molecule has 3 saturated heterocycles. The summed E-state index contributed by atoms with van der Waals surface area (Å²) in [4.78, 5) is 45.1. The molecule has 0 radical (unpaired) electrons. The van der Waals surface area contributed by atoms with Crippen molar-refractivity contribution in [2.45, 2.75) is 51.8 Å². The largest absolute Gasteiger partial charge is 0.369 e. The van der Waals surface area contributed by atoms with Gasteiger partial charge in [-0.2, -0.15) is 0 Å². The monoisotopic (exact) mass is 456 g/mol. The molecule has 33 heavy (non-hydrogen) atoms. The smallest absolute Gasteiger partial charge is 0.251 e. The third kappa shape index (κ3) is 5.38. The maximum Gasteiger partial charge on any atom is 0.251 e. The van der Waals surface area contributed by atoms with Gasteiger partial charge in [0, 0.05) is 44.0 Å². The number of anilines is 1. The number of piperazine rings is 1. The summed E-state index contributed by atoms with van der Waals surface area (Å²) >= 11 is 0. The van der Waals surface area contributed by atoms with Crippen molar-refractivity contribution in [1.29, 1.82) is 0 Å². The first-order valence-electron chi connectivity index (χ1n) is 11.9. The topological polar surface area (TPSA) is 82.2 Å². The van der Waals surface area contributed by atoms with Crippen molar-refractivity contribution < 1.29 is 19.1 Å².